The summed E-state index contributed by atoms with van der Waals surface area (Å²) in [5, 5.41) is 2.91. The second-order valence-electron chi connectivity index (χ2n) is 5.41. The van der Waals surface area contributed by atoms with Crippen molar-refractivity contribution in [3.63, 3.8) is 0 Å². The van der Waals surface area contributed by atoms with E-state index in [1.54, 1.807) is 12.1 Å². The largest absolute Gasteiger partial charge is 0.454 e. The van der Waals surface area contributed by atoms with Crippen molar-refractivity contribution in [3.8, 4) is 11.5 Å². The molecule has 5 nitrogen and oxygen atoms in total. The van der Waals surface area contributed by atoms with Gasteiger partial charge in [0.25, 0.3) is 0 Å². The Morgan fingerprint density at radius 1 is 1.13 bits per heavy atom. The molecule has 23 heavy (non-hydrogen) atoms. The monoisotopic (exact) mass is 312 g/mol. The molecule has 0 saturated carbocycles. The smallest absolute Gasteiger partial charge is 0.238 e. The van der Waals surface area contributed by atoms with Gasteiger partial charge in [-0.3, -0.25) is 9.69 Å². The minimum Gasteiger partial charge on any atom is -0.454 e. The van der Waals surface area contributed by atoms with Crippen molar-refractivity contribution in [3.05, 3.63) is 54.1 Å². The van der Waals surface area contributed by atoms with E-state index in [1.165, 1.54) is 5.56 Å². The van der Waals surface area contributed by atoms with E-state index in [4.69, 9.17) is 9.47 Å². The van der Waals surface area contributed by atoms with Crippen LogP contribution in [0.4, 0.5) is 5.69 Å². The van der Waals surface area contributed by atoms with Crippen LogP contribution in [-0.2, 0) is 11.3 Å². The number of hydrogen-bond acceptors (Lipinski definition) is 4. The molecule has 0 aromatic heterocycles. The highest BCUT2D eigenvalue weighted by Crippen LogP contribution is 2.34. The summed E-state index contributed by atoms with van der Waals surface area (Å²) in [5.41, 5.74) is 1.92. The van der Waals surface area contributed by atoms with Crippen molar-refractivity contribution in [1.82, 2.24) is 4.90 Å². The molecule has 120 valence electrons. The van der Waals surface area contributed by atoms with E-state index >= 15 is 0 Å². The average molecular weight is 312 g/mol. The highest BCUT2D eigenvalue weighted by atomic mass is 16.7. The van der Waals surface area contributed by atoms with Gasteiger partial charge in [0.1, 0.15) is 0 Å². The zero-order valence-electron chi connectivity index (χ0n) is 13.1. The summed E-state index contributed by atoms with van der Waals surface area (Å²) in [4.78, 5) is 14.3. The first-order valence-corrected chi connectivity index (χ1v) is 7.70. The number of amides is 1. The maximum atomic E-state index is 12.2. The van der Waals surface area contributed by atoms with E-state index in [2.05, 4.69) is 29.3 Å². The molecule has 5 heteroatoms. The van der Waals surface area contributed by atoms with Crippen LogP contribution in [0.25, 0.3) is 0 Å². The SMILES string of the molecule is CCN(CC(=O)Nc1ccc2c(c1)OCO2)Cc1ccccc1. The van der Waals surface area contributed by atoms with Crippen LogP contribution in [0.1, 0.15) is 12.5 Å². The lowest BCUT2D eigenvalue weighted by Gasteiger charge is -2.20. The number of fused-ring (bicyclic) bond motifs is 1. The van der Waals surface area contributed by atoms with Crippen LogP contribution in [0.5, 0.6) is 11.5 Å². The molecule has 0 atom stereocenters. The summed E-state index contributed by atoms with van der Waals surface area (Å²) in [6, 6.07) is 15.6. The van der Waals surface area contributed by atoms with Crippen LogP contribution in [0, 0.1) is 0 Å². The van der Waals surface area contributed by atoms with Crippen LogP contribution in [0.3, 0.4) is 0 Å². The van der Waals surface area contributed by atoms with Crippen LogP contribution < -0.4 is 14.8 Å². The standard InChI is InChI=1S/C18H20N2O3/c1-2-20(11-14-6-4-3-5-7-14)12-18(21)19-15-8-9-16-17(10-15)23-13-22-16/h3-10H,2,11-13H2,1H3,(H,19,21). The lowest BCUT2D eigenvalue weighted by Crippen LogP contribution is -2.32. The molecule has 1 aliphatic heterocycles. The quantitative estimate of drug-likeness (QED) is 0.891. The molecule has 0 bridgehead atoms. The Morgan fingerprint density at radius 3 is 2.70 bits per heavy atom. The normalized spacial score (nSPS) is 12.4. The summed E-state index contributed by atoms with van der Waals surface area (Å²) in [5.74, 6) is 1.34. The molecule has 1 aliphatic rings. The summed E-state index contributed by atoms with van der Waals surface area (Å²) >= 11 is 0. The number of nitrogens with zero attached hydrogens (tertiary/aromatic N) is 1. The number of ether oxygens (including phenoxy) is 2. The molecule has 0 saturated heterocycles. The van der Waals surface area contributed by atoms with Crippen LogP contribution in [0.15, 0.2) is 48.5 Å². The molecule has 1 amide bonds. The summed E-state index contributed by atoms with van der Waals surface area (Å²) in [6.07, 6.45) is 0. The van der Waals surface area contributed by atoms with Gasteiger partial charge in [0.05, 0.1) is 6.54 Å². The van der Waals surface area contributed by atoms with Gasteiger partial charge in [-0.15, -0.1) is 0 Å². The lowest BCUT2D eigenvalue weighted by atomic mass is 10.2. The summed E-state index contributed by atoms with van der Waals surface area (Å²) in [6.45, 7) is 4.19. The zero-order valence-corrected chi connectivity index (χ0v) is 13.1. The Labute approximate surface area is 135 Å². The lowest BCUT2D eigenvalue weighted by molar-refractivity contribution is -0.117. The van der Waals surface area contributed by atoms with E-state index in [0.717, 1.165) is 18.8 Å². The van der Waals surface area contributed by atoms with Gasteiger partial charge in [0, 0.05) is 18.3 Å². The van der Waals surface area contributed by atoms with E-state index < -0.39 is 0 Å². The molecular weight excluding hydrogens is 292 g/mol. The number of rotatable bonds is 6. The van der Waals surface area contributed by atoms with Crippen molar-refractivity contribution in [2.24, 2.45) is 0 Å². The third-order valence-corrected chi connectivity index (χ3v) is 3.72. The molecule has 0 radical (unpaired) electrons. The fraction of sp³-hybridized carbons (Fsp3) is 0.278. The molecule has 2 aromatic rings. The van der Waals surface area contributed by atoms with Gasteiger partial charge in [-0.1, -0.05) is 37.3 Å². The number of anilines is 1. The second-order valence-corrected chi connectivity index (χ2v) is 5.41. The number of carbonyl (C=O) groups is 1. The highest BCUT2D eigenvalue weighted by Gasteiger charge is 2.15. The predicted octanol–water partition coefficient (Wildman–Crippen LogP) is 2.88. The van der Waals surface area contributed by atoms with Crippen LogP contribution in [0.2, 0.25) is 0 Å². The molecule has 0 aliphatic carbocycles. The van der Waals surface area contributed by atoms with E-state index in [-0.39, 0.29) is 12.7 Å². The molecule has 1 N–H and O–H groups in total. The molecule has 0 spiro atoms. The fourth-order valence-corrected chi connectivity index (χ4v) is 2.50. The van der Waals surface area contributed by atoms with Crippen molar-refractivity contribution >= 4 is 11.6 Å². The summed E-state index contributed by atoms with van der Waals surface area (Å²) < 4.78 is 10.6. The first kappa shape index (κ1) is 15.4. The Balaban J connectivity index is 1.57. The molecule has 3 rings (SSSR count). The van der Waals surface area contributed by atoms with E-state index in [1.807, 2.05) is 24.3 Å². The predicted molar refractivity (Wildman–Crippen MR) is 88.6 cm³/mol. The second kappa shape index (κ2) is 7.15. The molecule has 2 aromatic carbocycles. The van der Waals surface area contributed by atoms with Crippen LogP contribution >= 0.6 is 0 Å². The number of hydrogen-bond donors (Lipinski definition) is 1. The average Bonchev–Trinajstić information content (AvgIpc) is 3.02. The van der Waals surface area contributed by atoms with E-state index in [9.17, 15) is 4.79 Å². The Kier molecular flexibility index (Phi) is 4.78. The van der Waals surface area contributed by atoms with Crippen molar-refractivity contribution < 1.29 is 14.3 Å². The van der Waals surface area contributed by atoms with Gasteiger partial charge >= 0.3 is 0 Å². The van der Waals surface area contributed by atoms with Crippen molar-refractivity contribution in [2.45, 2.75) is 13.5 Å². The zero-order chi connectivity index (χ0) is 16.1. The van der Waals surface area contributed by atoms with Gasteiger partial charge in [-0.05, 0) is 24.2 Å². The van der Waals surface area contributed by atoms with E-state index in [0.29, 0.717) is 18.0 Å². The fourth-order valence-electron chi connectivity index (χ4n) is 2.50. The molecular formula is C18H20N2O3. The van der Waals surface area contributed by atoms with Gasteiger partial charge in [0.2, 0.25) is 12.7 Å². The first-order chi connectivity index (χ1) is 11.2. The molecule has 0 unspecified atom stereocenters. The minimum absolute atomic E-state index is 0.0401. The van der Waals surface area contributed by atoms with Crippen LogP contribution in [-0.4, -0.2) is 30.7 Å². The maximum Gasteiger partial charge on any atom is 0.238 e. The molecule has 0 fully saturated rings. The van der Waals surface area contributed by atoms with Crippen molar-refractivity contribution in [1.29, 1.82) is 0 Å². The van der Waals surface area contributed by atoms with Gasteiger partial charge in [-0.25, -0.2) is 0 Å². The third kappa shape index (κ3) is 4.02. The maximum absolute atomic E-state index is 12.2. The first-order valence-electron chi connectivity index (χ1n) is 7.70. The third-order valence-electron chi connectivity index (χ3n) is 3.72. The van der Waals surface area contributed by atoms with Crippen molar-refractivity contribution in [2.75, 3.05) is 25.2 Å². The Morgan fingerprint density at radius 2 is 1.91 bits per heavy atom. The van der Waals surface area contributed by atoms with Gasteiger partial charge in [0.15, 0.2) is 11.5 Å². The number of likely N-dealkylation sites (N-methyl/N-ethyl adjacent to an activating group) is 1. The minimum atomic E-state index is -0.0401. The van der Waals surface area contributed by atoms with Gasteiger partial charge in [-0.2, -0.15) is 0 Å². The molecule has 1 heterocycles. The number of nitrogens with one attached hydrogen (secondary N) is 1. The number of carbonyl (C=O) groups excluding carboxylic acids is 1. The van der Waals surface area contributed by atoms with Gasteiger partial charge < -0.3 is 14.8 Å². The number of benzene rings is 2. The summed E-state index contributed by atoms with van der Waals surface area (Å²) in [7, 11) is 0. The Bertz CT molecular complexity index is 673. The topological polar surface area (TPSA) is 50.8 Å². The Hall–Kier alpha value is -2.53. The highest BCUT2D eigenvalue weighted by molar-refractivity contribution is 5.92.